The smallest absolute Gasteiger partial charge is 0.265 e. The molecule has 0 aliphatic rings. The first-order valence-corrected chi connectivity index (χ1v) is 8.96. The Balaban J connectivity index is 2.56. The van der Waals surface area contributed by atoms with Gasteiger partial charge in [-0.1, -0.05) is 43.6 Å². The molecular formula is C15H19ClN4O2S. The van der Waals surface area contributed by atoms with E-state index in [4.69, 9.17) is 11.6 Å². The van der Waals surface area contributed by atoms with E-state index < -0.39 is 10.0 Å². The monoisotopic (exact) mass is 354 g/mol. The number of benzene rings is 1. The predicted octanol–water partition coefficient (Wildman–Crippen LogP) is 3.02. The molecule has 23 heavy (non-hydrogen) atoms. The van der Waals surface area contributed by atoms with Crippen LogP contribution < -0.4 is 9.62 Å². The predicted molar refractivity (Wildman–Crippen MR) is 92.4 cm³/mol. The van der Waals surface area contributed by atoms with E-state index in [2.05, 4.69) is 15.3 Å². The molecule has 124 valence electrons. The lowest BCUT2D eigenvalue weighted by Gasteiger charge is -2.25. The second-order valence-corrected chi connectivity index (χ2v) is 7.62. The Morgan fingerprint density at radius 3 is 2.43 bits per heavy atom. The van der Waals surface area contributed by atoms with E-state index in [1.54, 1.807) is 37.4 Å². The van der Waals surface area contributed by atoms with Crippen molar-refractivity contribution in [1.29, 1.82) is 0 Å². The molecule has 0 spiro atoms. The molecule has 1 aromatic heterocycles. The summed E-state index contributed by atoms with van der Waals surface area (Å²) < 4.78 is 27.2. The molecule has 0 saturated carbocycles. The zero-order valence-corrected chi connectivity index (χ0v) is 14.8. The summed E-state index contributed by atoms with van der Waals surface area (Å²) in [6.07, 6.45) is 0. The number of nitrogens with zero attached hydrogens (tertiary/aromatic N) is 3. The van der Waals surface area contributed by atoms with Gasteiger partial charge in [-0.25, -0.2) is 17.7 Å². The molecule has 0 atom stereocenters. The molecule has 8 heteroatoms. The lowest BCUT2D eigenvalue weighted by Crippen LogP contribution is -2.35. The summed E-state index contributed by atoms with van der Waals surface area (Å²) in [5, 5.41) is 2.96. The molecule has 0 fully saturated rings. The maximum atomic E-state index is 13.0. The van der Waals surface area contributed by atoms with Crippen molar-refractivity contribution in [3.05, 3.63) is 41.6 Å². The highest BCUT2D eigenvalue weighted by Crippen LogP contribution is 2.26. The van der Waals surface area contributed by atoms with Crippen LogP contribution in [0.5, 0.6) is 0 Å². The molecule has 6 nitrogen and oxygen atoms in total. The molecule has 0 aliphatic heterocycles. The van der Waals surface area contributed by atoms with Crippen molar-refractivity contribution in [3.63, 3.8) is 0 Å². The first-order valence-electron chi connectivity index (χ1n) is 7.14. The van der Waals surface area contributed by atoms with Crippen LogP contribution in [0, 0.1) is 5.92 Å². The van der Waals surface area contributed by atoms with Gasteiger partial charge in [0.2, 0.25) is 5.95 Å². The van der Waals surface area contributed by atoms with Crippen LogP contribution in [0.25, 0.3) is 0 Å². The van der Waals surface area contributed by atoms with Gasteiger partial charge in [-0.3, -0.25) is 0 Å². The van der Waals surface area contributed by atoms with Crippen LogP contribution in [0.1, 0.15) is 13.8 Å². The second kappa shape index (κ2) is 7.14. The van der Waals surface area contributed by atoms with Crippen LogP contribution in [0.4, 0.5) is 11.8 Å². The molecule has 0 bridgehead atoms. The third kappa shape index (κ3) is 4.11. The minimum atomic E-state index is -3.73. The van der Waals surface area contributed by atoms with Gasteiger partial charge in [0.25, 0.3) is 10.0 Å². The summed E-state index contributed by atoms with van der Waals surface area (Å²) in [6.45, 7) is 4.16. The molecular weight excluding hydrogens is 336 g/mol. The van der Waals surface area contributed by atoms with Gasteiger partial charge in [0.05, 0.1) is 4.90 Å². The molecule has 0 amide bonds. The summed E-state index contributed by atoms with van der Waals surface area (Å²) in [5.74, 6) is 0.622. The highest BCUT2D eigenvalue weighted by Gasteiger charge is 2.27. The van der Waals surface area contributed by atoms with Gasteiger partial charge in [-0.15, -0.1) is 0 Å². The number of aromatic nitrogens is 2. The van der Waals surface area contributed by atoms with E-state index in [-0.39, 0.29) is 34.3 Å². The van der Waals surface area contributed by atoms with Crippen molar-refractivity contribution in [1.82, 2.24) is 9.97 Å². The summed E-state index contributed by atoms with van der Waals surface area (Å²) in [6, 6.07) is 9.71. The minimum Gasteiger partial charge on any atom is -0.357 e. The van der Waals surface area contributed by atoms with Gasteiger partial charge in [0, 0.05) is 19.7 Å². The molecule has 0 unspecified atom stereocenters. The van der Waals surface area contributed by atoms with Crippen LogP contribution >= 0.6 is 11.6 Å². The fraction of sp³-hybridized carbons (Fsp3) is 0.333. The van der Waals surface area contributed by atoms with Crippen LogP contribution in [0.3, 0.4) is 0 Å². The topological polar surface area (TPSA) is 75.2 Å². The van der Waals surface area contributed by atoms with Crippen molar-refractivity contribution in [2.75, 3.05) is 23.2 Å². The first kappa shape index (κ1) is 17.5. The average Bonchev–Trinajstić information content (AvgIpc) is 2.52. The van der Waals surface area contributed by atoms with Crippen molar-refractivity contribution in [2.45, 2.75) is 18.7 Å². The van der Waals surface area contributed by atoms with Crippen LogP contribution in [0.15, 0.2) is 41.3 Å². The Kier molecular flexibility index (Phi) is 5.43. The van der Waals surface area contributed by atoms with E-state index in [1.165, 1.54) is 10.4 Å². The summed E-state index contributed by atoms with van der Waals surface area (Å²) in [5.41, 5.74) is 0. The minimum absolute atomic E-state index is 0.111. The number of hydrogen-bond donors (Lipinski definition) is 1. The lowest BCUT2D eigenvalue weighted by atomic mass is 10.2. The van der Waals surface area contributed by atoms with Gasteiger partial charge in [-0.05, 0) is 18.1 Å². The Morgan fingerprint density at radius 1 is 1.22 bits per heavy atom. The number of hydrogen-bond acceptors (Lipinski definition) is 5. The molecule has 1 heterocycles. The summed E-state index contributed by atoms with van der Waals surface area (Å²) >= 11 is 5.99. The number of halogens is 1. The van der Waals surface area contributed by atoms with Gasteiger partial charge in [0.1, 0.15) is 11.0 Å². The van der Waals surface area contributed by atoms with E-state index in [9.17, 15) is 8.42 Å². The Labute approximate surface area is 141 Å². The number of rotatable bonds is 6. The molecule has 2 aromatic rings. The second-order valence-electron chi connectivity index (χ2n) is 5.37. The van der Waals surface area contributed by atoms with Crippen molar-refractivity contribution in [2.24, 2.45) is 5.92 Å². The van der Waals surface area contributed by atoms with Gasteiger partial charge in [0.15, 0.2) is 0 Å². The maximum Gasteiger partial charge on any atom is 0.265 e. The normalized spacial score (nSPS) is 11.5. The maximum absolute atomic E-state index is 13.0. The van der Waals surface area contributed by atoms with E-state index >= 15 is 0 Å². The molecule has 1 aromatic carbocycles. The zero-order chi connectivity index (χ0) is 17.0. The first-order chi connectivity index (χ1) is 10.8. The Hall–Kier alpha value is -1.86. The molecule has 2 rings (SSSR count). The lowest BCUT2D eigenvalue weighted by molar-refractivity contribution is 0.576. The van der Waals surface area contributed by atoms with Crippen molar-refractivity contribution >= 4 is 33.4 Å². The quantitative estimate of drug-likeness (QED) is 0.807. The van der Waals surface area contributed by atoms with Crippen LogP contribution in [-0.2, 0) is 10.0 Å². The SMILES string of the molecule is CNc1nc(Cl)cc(N(CC(C)C)S(=O)(=O)c2ccccc2)n1. The van der Waals surface area contributed by atoms with Gasteiger partial charge >= 0.3 is 0 Å². The zero-order valence-electron chi connectivity index (χ0n) is 13.2. The summed E-state index contributed by atoms with van der Waals surface area (Å²) in [7, 11) is -2.09. The fourth-order valence-corrected chi connectivity index (χ4v) is 3.78. The van der Waals surface area contributed by atoms with Gasteiger partial charge in [-0.2, -0.15) is 4.98 Å². The third-order valence-electron chi connectivity index (χ3n) is 3.02. The molecule has 0 radical (unpaired) electrons. The highest BCUT2D eigenvalue weighted by atomic mass is 35.5. The molecule has 0 saturated heterocycles. The number of sulfonamides is 1. The van der Waals surface area contributed by atoms with Crippen molar-refractivity contribution in [3.8, 4) is 0 Å². The van der Waals surface area contributed by atoms with E-state index in [1.807, 2.05) is 13.8 Å². The average molecular weight is 355 g/mol. The van der Waals surface area contributed by atoms with Crippen LogP contribution in [0.2, 0.25) is 5.15 Å². The van der Waals surface area contributed by atoms with E-state index in [0.717, 1.165) is 0 Å². The number of nitrogens with one attached hydrogen (secondary N) is 1. The standard InChI is InChI=1S/C15H19ClN4O2S/c1-11(2)10-20(14-9-13(16)18-15(17-3)19-14)23(21,22)12-7-5-4-6-8-12/h4-9,11H,10H2,1-3H3,(H,17,18,19). The largest absolute Gasteiger partial charge is 0.357 e. The molecule has 1 N–H and O–H groups in total. The fourth-order valence-electron chi connectivity index (χ4n) is 2.01. The summed E-state index contributed by atoms with van der Waals surface area (Å²) in [4.78, 5) is 8.44. The Bertz CT molecular complexity index is 766. The van der Waals surface area contributed by atoms with Gasteiger partial charge < -0.3 is 5.32 Å². The highest BCUT2D eigenvalue weighted by molar-refractivity contribution is 7.92. The third-order valence-corrected chi connectivity index (χ3v) is 5.00. The van der Waals surface area contributed by atoms with Crippen molar-refractivity contribution < 1.29 is 8.42 Å². The molecule has 0 aliphatic carbocycles. The van der Waals surface area contributed by atoms with Crippen LogP contribution in [-0.4, -0.2) is 32.0 Å². The Morgan fingerprint density at radius 2 is 1.87 bits per heavy atom. The number of anilines is 2. The van der Waals surface area contributed by atoms with E-state index in [0.29, 0.717) is 0 Å².